The third-order valence-electron chi connectivity index (χ3n) is 4.39. The maximum atomic E-state index is 5.40. The fourth-order valence-electron chi connectivity index (χ4n) is 3.00. The number of hydrogen-bond acceptors (Lipinski definition) is 5. The Hall–Kier alpha value is -2.89. The van der Waals surface area contributed by atoms with Crippen LogP contribution in [0.1, 0.15) is 17.8 Å². The van der Waals surface area contributed by atoms with Gasteiger partial charge in [0.2, 0.25) is 0 Å². The van der Waals surface area contributed by atoms with E-state index in [1.807, 2.05) is 50.4 Å². The second kappa shape index (κ2) is 7.99. The van der Waals surface area contributed by atoms with E-state index in [1.165, 1.54) is 5.69 Å². The van der Waals surface area contributed by atoms with Crippen LogP contribution in [0.4, 0.5) is 5.82 Å². The van der Waals surface area contributed by atoms with Gasteiger partial charge in [0.05, 0.1) is 18.5 Å². The molecule has 0 bridgehead atoms. The predicted octanol–water partition coefficient (Wildman–Crippen LogP) is 3.49. The molecule has 26 heavy (non-hydrogen) atoms. The van der Waals surface area contributed by atoms with Crippen molar-refractivity contribution in [2.45, 2.75) is 26.8 Å². The summed E-state index contributed by atoms with van der Waals surface area (Å²) in [5, 5.41) is 13.2. The minimum Gasteiger partial charge on any atom is -0.496 e. The first kappa shape index (κ1) is 17.9. The quantitative estimate of drug-likeness (QED) is 0.652. The highest BCUT2D eigenvalue weighted by Gasteiger charge is 2.09. The van der Waals surface area contributed by atoms with Gasteiger partial charge in [0.15, 0.2) is 5.82 Å². The molecule has 0 saturated heterocycles. The molecule has 2 heterocycles. The van der Waals surface area contributed by atoms with E-state index in [-0.39, 0.29) is 0 Å². The Balaban J connectivity index is 1.62. The molecule has 2 aromatic heterocycles. The molecule has 3 rings (SSSR count). The maximum absolute atomic E-state index is 5.40. The molecular formula is C20H25N5O. The van der Waals surface area contributed by atoms with Crippen molar-refractivity contribution in [3.05, 3.63) is 53.9 Å². The summed E-state index contributed by atoms with van der Waals surface area (Å²) in [6, 6.07) is 13.9. The molecule has 0 saturated carbocycles. The molecule has 136 valence electrons. The highest BCUT2D eigenvalue weighted by atomic mass is 16.5. The van der Waals surface area contributed by atoms with Crippen LogP contribution >= 0.6 is 0 Å². The molecule has 0 aliphatic heterocycles. The van der Waals surface area contributed by atoms with Crippen molar-refractivity contribution in [1.29, 1.82) is 0 Å². The predicted molar refractivity (Wildman–Crippen MR) is 104 cm³/mol. The number of benzene rings is 1. The summed E-state index contributed by atoms with van der Waals surface area (Å²) in [4.78, 5) is 2.12. The molecule has 1 aromatic carbocycles. The van der Waals surface area contributed by atoms with Crippen LogP contribution in [0.5, 0.6) is 5.75 Å². The first-order valence-corrected chi connectivity index (χ1v) is 8.78. The van der Waals surface area contributed by atoms with Crippen molar-refractivity contribution in [2.24, 2.45) is 0 Å². The van der Waals surface area contributed by atoms with E-state index in [0.29, 0.717) is 0 Å². The molecule has 0 aliphatic carbocycles. The lowest BCUT2D eigenvalue weighted by molar-refractivity contribution is 0.416. The van der Waals surface area contributed by atoms with Crippen LogP contribution in [0.2, 0.25) is 0 Å². The number of ether oxygens (including phenoxy) is 1. The molecule has 6 heteroatoms. The van der Waals surface area contributed by atoms with Gasteiger partial charge in [-0.1, -0.05) is 12.1 Å². The van der Waals surface area contributed by atoms with E-state index in [0.717, 1.165) is 48.0 Å². The van der Waals surface area contributed by atoms with Gasteiger partial charge in [0, 0.05) is 31.4 Å². The SMILES string of the molecule is COc1ccccc1-c1ccc(N(C)CCCn2nc(C)cc2C)nn1. The summed E-state index contributed by atoms with van der Waals surface area (Å²) in [6.45, 7) is 5.90. The standard InChI is InChI=1S/C20H25N5O/c1-15-14-16(2)25(23-15)13-7-12-24(3)20-11-10-18(21-22-20)17-8-5-6-9-19(17)26-4/h5-6,8-11,14H,7,12-13H2,1-4H3. The van der Waals surface area contributed by atoms with Gasteiger partial charge in [0.25, 0.3) is 0 Å². The second-order valence-electron chi connectivity index (χ2n) is 6.40. The van der Waals surface area contributed by atoms with Crippen LogP contribution in [0.15, 0.2) is 42.5 Å². The molecule has 6 nitrogen and oxygen atoms in total. The van der Waals surface area contributed by atoms with Crippen LogP contribution in [0.25, 0.3) is 11.3 Å². The van der Waals surface area contributed by atoms with Gasteiger partial charge in [-0.05, 0) is 50.6 Å². The van der Waals surface area contributed by atoms with Gasteiger partial charge in [0.1, 0.15) is 5.75 Å². The van der Waals surface area contributed by atoms with E-state index in [1.54, 1.807) is 7.11 Å². The number of nitrogens with zero attached hydrogens (tertiary/aromatic N) is 5. The fraction of sp³-hybridized carbons (Fsp3) is 0.350. The number of methoxy groups -OCH3 is 1. The van der Waals surface area contributed by atoms with Gasteiger partial charge in [-0.2, -0.15) is 5.10 Å². The Bertz CT molecular complexity index is 857. The lowest BCUT2D eigenvalue weighted by Gasteiger charge is -2.18. The van der Waals surface area contributed by atoms with Crippen LogP contribution < -0.4 is 9.64 Å². The number of rotatable bonds is 7. The lowest BCUT2D eigenvalue weighted by Crippen LogP contribution is -2.21. The summed E-state index contributed by atoms with van der Waals surface area (Å²) in [7, 11) is 3.70. The zero-order chi connectivity index (χ0) is 18.5. The van der Waals surface area contributed by atoms with Gasteiger partial charge >= 0.3 is 0 Å². The van der Waals surface area contributed by atoms with Gasteiger partial charge in [-0.3, -0.25) is 4.68 Å². The molecule has 0 spiro atoms. The van der Waals surface area contributed by atoms with E-state index in [9.17, 15) is 0 Å². The topological polar surface area (TPSA) is 56.1 Å². The third kappa shape index (κ3) is 4.02. The van der Waals surface area contributed by atoms with Crippen molar-refractivity contribution < 1.29 is 4.74 Å². The molecule has 0 atom stereocenters. The lowest BCUT2D eigenvalue weighted by atomic mass is 10.1. The zero-order valence-electron chi connectivity index (χ0n) is 15.8. The monoisotopic (exact) mass is 351 g/mol. The molecule has 3 aromatic rings. The number of para-hydroxylation sites is 1. The van der Waals surface area contributed by atoms with E-state index in [4.69, 9.17) is 4.74 Å². The first-order chi connectivity index (χ1) is 12.6. The normalized spacial score (nSPS) is 10.8. The Morgan fingerprint density at radius 2 is 1.88 bits per heavy atom. The first-order valence-electron chi connectivity index (χ1n) is 8.78. The highest BCUT2D eigenvalue weighted by Crippen LogP contribution is 2.28. The molecule has 0 fully saturated rings. The third-order valence-corrected chi connectivity index (χ3v) is 4.39. The number of anilines is 1. The van der Waals surface area contributed by atoms with Crippen molar-refractivity contribution >= 4 is 5.82 Å². The Labute approximate surface area is 154 Å². The minimum atomic E-state index is 0.799. The number of aromatic nitrogens is 4. The van der Waals surface area contributed by atoms with Crippen LogP contribution in [0.3, 0.4) is 0 Å². The van der Waals surface area contributed by atoms with Gasteiger partial charge < -0.3 is 9.64 Å². The Kier molecular flexibility index (Phi) is 5.51. The average Bonchev–Trinajstić information content (AvgIpc) is 2.99. The smallest absolute Gasteiger partial charge is 0.151 e. The maximum Gasteiger partial charge on any atom is 0.151 e. The van der Waals surface area contributed by atoms with Crippen molar-refractivity contribution in [3.8, 4) is 17.0 Å². The highest BCUT2D eigenvalue weighted by molar-refractivity contribution is 5.67. The van der Waals surface area contributed by atoms with Crippen LogP contribution in [0, 0.1) is 13.8 Å². The average molecular weight is 351 g/mol. The van der Waals surface area contributed by atoms with Crippen LogP contribution in [-0.4, -0.2) is 40.7 Å². The summed E-state index contributed by atoms with van der Waals surface area (Å²) >= 11 is 0. The molecule has 0 N–H and O–H groups in total. The fourth-order valence-corrected chi connectivity index (χ4v) is 3.00. The van der Waals surface area contributed by atoms with E-state index in [2.05, 4.69) is 37.9 Å². The molecule has 0 unspecified atom stereocenters. The van der Waals surface area contributed by atoms with Gasteiger partial charge in [-0.15, -0.1) is 10.2 Å². The number of aryl methyl sites for hydroxylation is 3. The van der Waals surface area contributed by atoms with E-state index < -0.39 is 0 Å². The molecule has 0 radical (unpaired) electrons. The molecule has 0 amide bonds. The summed E-state index contributed by atoms with van der Waals surface area (Å²) in [5.74, 6) is 1.66. The zero-order valence-corrected chi connectivity index (χ0v) is 15.8. The van der Waals surface area contributed by atoms with Crippen molar-refractivity contribution in [3.63, 3.8) is 0 Å². The summed E-state index contributed by atoms with van der Waals surface area (Å²) in [5.41, 5.74) is 4.02. The number of hydrogen-bond donors (Lipinski definition) is 0. The molecular weight excluding hydrogens is 326 g/mol. The van der Waals surface area contributed by atoms with E-state index >= 15 is 0 Å². The van der Waals surface area contributed by atoms with Gasteiger partial charge in [-0.25, -0.2) is 0 Å². The Morgan fingerprint density at radius 1 is 1.08 bits per heavy atom. The summed E-state index contributed by atoms with van der Waals surface area (Å²) < 4.78 is 7.45. The molecule has 0 aliphatic rings. The largest absolute Gasteiger partial charge is 0.496 e. The Morgan fingerprint density at radius 3 is 2.54 bits per heavy atom. The minimum absolute atomic E-state index is 0.799. The summed E-state index contributed by atoms with van der Waals surface area (Å²) in [6.07, 6.45) is 0.994. The second-order valence-corrected chi connectivity index (χ2v) is 6.40. The van der Waals surface area contributed by atoms with Crippen LogP contribution in [-0.2, 0) is 6.54 Å². The van der Waals surface area contributed by atoms with Crippen molar-refractivity contribution in [1.82, 2.24) is 20.0 Å². The van der Waals surface area contributed by atoms with Crippen molar-refractivity contribution in [2.75, 3.05) is 25.6 Å².